The van der Waals surface area contributed by atoms with Gasteiger partial charge in [-0.15, -0.1) is 11.6 Å². The molecule has 1 aromatic rings. The van der Waals surface area contributed by atoms with Crippen molar-refractivity contribution in [2.75, 3.05) is 0 Å². The van der Waals surface area contributed by atoms with Crippen LogP contribution in [0.15, 0.2) is 12.1 Å². The van der Waals surface area contributed by atoms with E-state index in [0.29, 0.717) is 0 Å². The molecule has 0 heterocycles. The van der Waals surface area contributed by atoms with Gasteiger partial charge in [0.1, 0.15) is 5.56 Å². The van der Waals surface area contributed by atoms with E-state index in [1.807, 2.05) is 0 Å². The van der Waals surface area contributed by atoms with Gasteiger partial charge in [0.05, 0.1) is 16.6 Å². The number of rotatable bonds is 3. The van der Waals surface area contributed by atoms with Gasteiger partial charge in [-0.2, -0.15) is 5.26 Å². The van der Waals surface area contributed by atoms with Crippen LogP contribution in [0.3, 0.4) is 0 Å². The average Bonchev–Trinajstić information content (AvgIpc) is 2.26. The molecule has 7 heteroatoms. The number of aromatic carboxylic acids is 1. The molecule has 0 spiro atoms. The van der Waals surface area contributed by atoms with Gasteiger partial charge in [-0.05, 0) is 6.07 Å². The fourth-order valence-electron chi connectivity index (χ4n) is 1.27. The molecule has 16 heavy (non-hydrogen) atoms. The predicted molar refractivity (Wildman–Crippen MR) is 54.3 cm³/mol. The number of carboxylic acids is 1. The summed E-state index contributed by atoms with van der Waals surface area (Å²) in [4.78, 5) is 20.7. The molecule has 0 atom stereocenters. The fraction of sp³-hybridized carbons (Fsp3) is 0.111. The Kier molecular flexibility index (Phi) is 3.43. The molecule has 0 saturated carbocycles. The molecule has 0 aliphatic rings. The monoisotopic (exact) mass is 240 g/mol. The molecule has 1 rings (SSSR count). The Morgan fingerprint density at radius 3 is 2.62 bits per heavy atom. The third-order valence-electron chi connectivity index (χ3n) is 1.96. The van der Waals surface area contributed by atoms with Gasteiger partial charge in [0, 0.05) is 17.5 Å². The fourth-order valence-corrected chi connectivity index (χ4v) is 1.55. The summed E-state index contributed by atoms with van der Waals surface area (Å²) in [7, 11) is 0. The number of benzene rings is 1. The van der Waals surface area contributed by atoms with Crippen LogP contribution < -0.4 is 0 Å². The third kappa shape index (κ3) is 1.94. The average molecular weight is 241 g/mol. The van der Waals surface area contributed by atoms with Gasteiger partial charge in [-0.3, -0.25) is 10.1 Å². The Bertz CT molecular complexity index is 507. The van der Waals surface area contributed by atoms with Crippen molar-refractivity contribution in [1.82, 2.24) is 0 Å². The number of hydrogen-bond donors (Lipinski definition) is 1. The minimum atomic E-state index is -1.47. The maximum absolute atomic E-state index is 10.9. The van der Waals surface area contributed by atoms with E-state index in [1.165, 1.54) is 6.07 Å². The Hall–Kier alpha value is -2.13. The van der Waals surface area contributed by atoms with Crippen LogP contribution >= 0.6 is 11.6 Å². The molecule has 0 saturated heterocycles. The van der Waals surface area contributed by atoms with Crippen molar-refractivity contribution in [1.29, 1.82) is 5.26 Å². The summed E-state index contributed by atoms with van der Waals surface area (Å²) < 4.78 is 0. The molecule has 1 N–H and O–H groups in total. The van der Waals surface area contributed by atoms with Crippen molar-refractivity contribution in [2.45, 2.75) is 5.88 Å². The number of hydrogen-bond acceptors (Lipinski definition) is 4. The van der Waals surface area contributed by atoms with Crippen molar-refractivity contribution < 1.29 is 14.8 Å². The highest BCUT2D eigenvalue weighted by atomic mass is 35.5. The summed E-state index contributed by atoms with van der Waals surface area (Å²) >= 11 is 5.50. The number of carboxylic acid groups (broad SMARTS) is 1. The number of halogens is 1. The Balaban J connectivity index is 3.65. The lowest BCUT2D eigenvalue weighted by molar-refractivity contribution is -0.385. The molecule has 0 aliphatic carbocycles. The number of nitro groups is 1. The second-order valence-electron chi connectivity index (χ2n) is 2.79. The second kappa shape index (κ2) is 4.59. The lowest BCUT2D eigenvalue weighted by Crippen LogP contribution is -2.08. The number of nitro benzene ring substituents is 1. The summed E-state index contributed by atoms with van der Waals surface area (Å²) in [5.41, 5.74) is -1.11. The quantitative estimate of drug-likeness (QED) is 0.494. The first-order valence-corrected chi connectivity index (χ1v) is 4.56. The van der Waals surface area contributed by atoms with Crippen LogP contribution in [0.2, 0.25) is 0 Å². The summed E-state index contributed by atoms with van der Waals surface area (Å²) in [6, 6.07) is 3.90. The lowest BCUT2D eigenvalue weighted by atomic mass is 10.0. The van der Waals surface area contributed by atoms with Crippen LogP contribution in [0.5, 0.6) is 0 Å². The third-order valence-corrected chi connectivity index (χ3v) is 2.22. The maximum Gasteiger partial charge on any atom is 0.343 e. The highest BCUT2D eigenvalue weighted by molar-refractivity contribution is 6.18. The van der Waals surface area contributed by atoms with Crippen molar-refractivity contribution in [3.05, 3.63) is 38.9 Å². The van der Waals surface area contributed by atoms with Crippen LogP contribution in [0.4, 0.5) is 5.69 Å². The first-order valence-electron chi connectivity index (χ1n) is 4.02. The Labute approximate surface area is 94.8 Å². The summed E-state index contributed by atoms with van der Waals surface area (Å²) in [5, 5.41) is 28.2. The molecule has 1 aromatic carbocycles. The maximum atomic E-state index is 10.9. The molecular formula is C9H5ClN2O4. The first kappa shape index (κ1) is 11.9. The number of alkyl halides is 1. The predicted octanol–water partition coefficient (Wildman–Crippen LogP) is 1.90. The van der Waals surface area contributed by atoms with Crippen LogP contribution in [-0.2, 0) is 5.88 Å². The van der Waals surface area contributed by atoms with E-state index in [9.17, 15) is 14.9 Å². The van der Waals surface area contributed by atoms with E-state index in [-0.39, 0.29) is 17.0 Å². The van der Waals surface area contributed by atoms with Gasteiger partial charge < -0.3 is 5.11 Å². The van der Waals surface area contributed by atoms with Gasteiger partial charge >= 0.3 is 5.97 Å². The summed E-state index contributed by atoms with van der Waals surface area (Å²) in [5.74, 6) is -1.74. The zero-order valence-electron chi connectivity index (χ0n) is 7.81. The highest BCUT2D eigenvalue weighted by Gasteiger charge is 2.25. The van der Waals surface area contributed by atoms with E-state index in [2.05, 4.69) is 0 Å². The van der Waals surface area contributed by atoms with Gasteiger partial charge in [-0.25, -0.2) is 4.79 Å². The topological polar surface area (TPSA) is 104 Å². The lowest BCUT2D eigenvalue weighted by Gasteiger charge is -2.05. The Morgan fingerprint density at radius 2 is 2.25 bits per heavy atom. The van der Waals surface area contributed by atoms with Crippen LogP contribution in [0, 0.1) is 21.4 Å². The molecule has 0 aliphatic heterocycles. The molecule has 0 bridgehead atoms. The smallest absolute Gasteiger partial charge is 0.343 e. The van der Waals surface area contributed by atoms with Crippen molar-refractivity contribution in [3.8, 4) is 6.07 Å². The van der Waals surface area contributed by atoms with Crippen LogP contribution in [0.1, 0.15) is 21.5 Å². The van der Waals surface area contributed by atoms with Crippen LogP contribution in [-0.4, -0.2) is 16.0 Å². The normalized spacial score (nSPS) is 9.50. The largest absolute Gasteiger partial charge is 0.477 e. The summed E-state index contributed by atoms with van der Waals surface area (Å²) in [6.45, 7) is 0. The molecule has 0 amide bonds. The standard InChI is InChI=1S/C9H5ClN2O4/c10-3-6-5(4-11)1-2-7(12(15)16)8(6)9(13)14/h1-2H,3H2,(H,13,14). The molecule has 0 aromatic heterocycles. The molecule has 6 nitrogen and oxygen atoms in total. The van der Waals surface area contributed by atoms with E-state index in [1.54, 1.807) is 6.07 Å². The van der Waals surface area contributed by atoms with Gasteiger partial charge in [-0.1, -0.05) is 0 Å². The molecule has 82 valence electrons. The Morgan fingerprint density at radius 1 is 1.62 bits per heavy atom. The van der Waals surface area contributed by atoms with Crippen molar-refractivity contribution in [3.63, 3.8) is 0 Å². The zero-order chi connectivity index (χ0) is 12.3. The number of carbonyl (C=O) groups is 1. The highest BCUT2D eigenvalue weighted by Crippen LogP contribution is 2.26. The zero-order valence-corrected chi connectivity index (χ0v) is 8.56. The second-order valence-corrected chi connectivity index (χ2v) is 3.06. The minimum absolute atomic E-state index is 0.0259. The number of nitriles is 1. The SMILES string of the molecule is N#Cc1ccc([N+](=O)[O-])c(C(=O)O)c1CCl. The van der Waals surface area contributed by atoms with E-state index < -0.39 is 22.1 Å². The van der Waals surface area contributed by atoms with E-state index >= 15 is 0 Å². The molecule has 0 radical (unpaired) electrons. The van der Waals surface area contributed by atoms with E-state index in [0.717, 1.165) is 6.07 Å². The van der Waals surface area contributed by atoms with Crippen molar-refractivity contribution >= 4 is 23.3 Å². The van der Waals surface area contributed by atoms with E-state index in [4.69, 9.17) is 22.0 Å². The van der Waals surface area contributed by atoms with Gasteiger partial charge in [0.2, 0.25) is 0 Å². The van der Waals surface area contributed by atoms with Gasteiger partial charge in [0.25, 0.3) is 5.69 Å². The molecular weight excluding hydrogens is 236 g/mol. The first-order chi connectivity index (χ1) is 7.52. The summed E-state index contributed by atoms with van der Waals surface area (Å²) in [6.07, 6.45) is 0. The molecule has 0 fully saturated rings. The molecule has 0 unspecified atom stereocenters. The van der Waals surface area contributed by atoms with Crippen LogP contribution in [0.25, 0.3) is 0 Å². The van der Waals surface area contributed by atoms with Gasteiger partial charge in [0.15, 0.2) is 0 Å². The van der Waals surface area contributed by atoms with Crippen molar-refractivity contribution in [2.24, 2.45) is 0 Å². The minimum Gasteiger partial charge on any atom is -0.477 e. The number of nitrogens with zero attached hydrogens (tertiary/aromatic N) is 2.